The summed E-state index contributed by atoms with van der Waals surface area (Å²) >= 11 is 4.74. The van der Waals surface area contributed by atoms with Gasteiger partial charge in [-0.25, -0.2) is 17.5 Å². The summed E-state index contributed by atoms with van der Waals surface area (Å²) in [7, 11) is -3.80. The standard InChI is InChI=1S/C12H12BrFN2O2S2/c1-7-10(14)4-8(5-11(7)15)20(17,18)16-6-12-9(13)2-3-19-12/h2-5,16H,6,15H2,1H3. The maximum absolute atomic E-state index is 13.6. The first-order valence-corrected chi connectivity index (χ1v) is 8.74. The molecule has 0 amide bonds. The molecule has 0 saturated carbocycles. The molecule has 0 aliphatic rings. The molecule has 8 heteroatoms. The van der Waals surface area contributed by atoms with Gasteiger partial charge >= 0.3 is 0 Å². The van der Waals surface area contributed by atoms with Gasteiger partial charge in [0, 0.05) is 27.1 Å². The Kier molecular flexibility index (Phi) is 4.48. The highest BCUT2D eigenvalue weighted by Gasteiger charge is 2.18. The Labute approximate surface area is 129 Å². The van der Waals surface area contributed by atoms with Crippen molar-refractivity contribution in [2.45, 2.75) is 18.4 Å². The zero-order valence-electron chi connectivity index (χ0n) is 10.5. The van der Waals surface area contributed by atoms with Gasteiger partial charge in [0.25, 0.3) is 0 Å². The van der Waals surface area contributed by atoms with Crippen LogP contribution in [0.25, 0.3) is 0 Å². The molecule has 2 rings (SSSR count). The maximum Gasteiger partial charge on any atom is 0.241 e. The fourth-order valence-corrected chi connectivity index (χ4v) is 4.09. The van der Waals surface area contributed by atoms with Gasteiger partial charge in [-0.3, -0.25) is 0 Å². The van der Waals surface area contributed by atoms with Crippen LogP contribution in [0.3, 0.4) is 0 Å². The zero-order valence-corrected chi connectivity index (χ0v) is 13.7. The molecule has 0 aliphatic heterocycles. The van der Waals surface area contributed by atoms with Gasteiger partial charge in [-0.05, 0) is 46.4 Å². The molecule has 0 fully saturated rings. The van der Waals surface area contributed by atoms with Gasteiger partial charge in [0.1, 0.15) is 5.82 Å². The first-order valence-electron chi connectivity index (χ1n) is 5.58. The van der Waals surface area contributed by atoms with E-state index >= 15 is 0 Å². The molecule has 1 heterocycles. The maximum atomic E-state index is 13.6. The van der Waals surface area contributed by atoms with Crippen molar-refractivity contribution in [3.8, 4) is 0 Å². The van der Waals surface area contributed by atoms with E-state index in [9.17, 15) is 12.8 Å². The third kappa shape index (κ3) is 3.20. The lowest BCUT2D eigenvalue weighted by Crippen LogP contribution is -2.23. The van der Waals surface area contributed by atoms with E-state index in [1.54, 1.807) is 0 Å². The highest BCUT2D eigenvalue weighted by molar-refractivity contribution is 9.10. The predicted molar refractivity (Wildman–Crippen MR) is 81.6 cm³/mol. The summed E-state index contributed by atoms with van der Waals surface area (Å²) in [4.78, 5) is 0.667. The quantitative estimate of drug-likeness (QED) is 0.803. The number of benzene rings is 1. The van der Waals surface area contributed by atoms with Crippen LogP contribution >= 0.6 is 27.3 Å². The van der Waals surface area contributed by atoms with Gasteiger partial charge in [-0.15, -0.1) is 11.3 Å². The number of sulfonamides is 1. The smallest absolute Gasteiger partial charge is 0.241 e. The molecule has 0 saturated heterocycles. The predicted octanol–water partition coefficient (Wildman–Crippen LogP) is 3.02. The molecule has 1 aromatic carbocycles. The minimum Gasteiger partial charge on any atom is -0.398 e. The lowest BCUT2D eigenvalue weighted by molar-refractivity contribution is 0.577. The molecule has 0 aliphatic carbocycles. The van der Waals surface area contributed by atoms with Crippen molar-refractivity contribution in [3.63, 3.8) is 0 Å². The lowest BCUT2D eigenvalue weighted by atomic mass is 10.2. The summed E-state index contributed by atoms with van der Waals surface area (Å²) in [5, 5.41) is 1.84. The van der Waals surface area contributed by atoms with Crippen molar-refractivity contribution >= 4 is 43.0 Å². The molecular weight excluding hydrogens is 367 g/mol. The van der Waals surface area contributed by atoms with Crippen LogP contribution < -0.4 is 10.5 Å². The van der Waals surface area contributed by atoms with Crippen molar-refractivity contribution in [1.29, 1.82) is 0 Å². The molecule has 4 nitrogen and oxygen atoms in total. The Morgan fingerprint density at radius 1 is 1.45 bits per heavy atom. The molecule has 0 bridgehead atoms. The second-order valence-electron chi connectivity index (χ2n) is 4.14. The van der Waals surface area contributed by atoms with Crippen molar-refractivity contribution in [2.24, 2.45) is 0 Å². The molecule has 0 radical (unpaired) electrons. The highest BCUT2D eigenvalue weighted by atomic mass is 79.9. The fourth-order valence-electron chi connectivity index (χ4n) is 1.52. The van der Waals surface area contributed by atoms with E-state index in [2.05, 4.69) is 20.7 Å². The van der Waals surface area contributed by atoms with Gasteiger partial charge in [-0.2, -0.15) is 0 Å². The Balaban J connectivity index is 2.25. The van der Waals surface area contributed by atoms with Crippen LogP contribution in [0.4, 0.5) is 10.1 Å². The normalized spacial score (nSPS) is 11.8. The summed E-state index contributed by atoms with van der Waals surface area (Å²) in [5.74, 6) is -0.636. The molecule has 0 atom stereocenters. The second-order valence-corrected chi connectivity index (χ2v) is 7.76. The molecule has 3 N–H and O–H groups in total. The number of thiophene rings is 1. The fraction of sp³-hybridized carbons (Fsp3) is 0.167. The minimum absolute atomic E-state index is 0.114. The van der Waals surface area contributed by atoms with Crippen molar-refractivity contribution in [2.75, 3.05) is 5.73 Å². The van der Waals surface area contributed by atoms with Crippen LogP contribution in [0.5, 0.6) is 0 Å². The minimum atomic E-state index is -3.80. The van der Waals surface area contributed by atoms with Gasteiger partial charge in [0.2, 0.25) is 10.0 Å². The number of anilines is 1. The summed E-state index contributed by atoms with van der Waals surface area (Å²) < 4.78 is 41.0. The molecule has 1 aromatic heterocycles. The monoisotopic (exact) mass is 378 g/mol. The SMILES string of the molecule is Cc1c(N)cc(S(=O)(=O)NCc2sccc2Br)cc1F. The van der Waals surface area contributed by atoms with Gasteiger partial charge < -0.3 is 5.73 Å². The Hall–Kier alpha value is -0.960. The van der Waals surface area contributed by atoms with E-state index in [-0.39, 0.29) is 22.7 Å². The largest absolute Gasteiger partial charge is 0.398 e. The Morgan fingerprint density at radius 2 is 2.15 bits per heavy atom. The third-order valence-electron chi connectivity index (χ3n) is 2.78. The molecule has 0 spiro atoms. The molecule has 108 valence electrons. The van der Waals surface area contributed by atoms with Gasteiger partial charge in [-0.1, -0.05) is 0 Å². The number of halogens is 2. The summed E-state index contributed by atoms with van der Waals surface area (Å²) in [6.07, 6.45) is 0. The Morgan fingerprint density at radius 3 is 2.70 bits per heavy atom. The lowest BCUT2D eigenvalue weighted by Gasteiger charge is -2.09. The van der Waals surface area contributed by atoms with Crippen LogP contribution in [0.15, 0.2) is 32.9 Å². The van der Waals surface area contributed by atoms with E-state index in [1.165, 1.54) is 24.3 Å². The van der Waals surface area contributed by atoms with E-state index in [0.717, 1.165) is 15.4 Å². The number of hydrogen-bond donors (Lipinski definition) is 2. The van der Waals surface area contributed by atoms with Gasteiger partial charge in [0.05, 0.1) is 4.90 Å². The van der Waals surface area contributed by atoms with Crippen LogP contribution in [0.1, 0.15) is 10.4 Å². The first kappa shape index (κ1) is 15.4. The average Bonchev–Trinajstić information content (AvgIpc) is 2.78. The van der Waals surface area contributed by atoms with E-state index < -0.39 is 15.8 Å². The molecular formula is C12H12BrFN2O2S2. The first-order chi connectivity index (χ1) is 9.31. The average molecular weight is 379 g/mol. The molecule has 20 heavy (non-hydrogen) atoms. The van der Waals surface area contributed by atoms with Crippen LogP contribution in [0, 0.1) is 12.7 Å². The van der Waals surface area contributed by atoms with Crippen molar-refractivity contribution in [1.82, 2.24) is 4.72 Å². The second kappa shape index (κ2) is 5.80. The number of nitrogen functional groups attached to an aromatic ring is 1. The van der Waals surface area contributed by atoms with Crippen molar-refractivity contribution < 1.29 is 12.8 Å². The van der Waals surface area contributed by atoms with E-state index in [1.807, 2.05) is 11.4 Å². The van der Waals surface area contributed by atoms with Crippen LogP contribution in [0.2, 0.25) is 0 Å². The number of hydrogen-bond acceptors (Lipinski definition) is 4. The number of nitrogens with two attached hydrogens (primary N) is 1. The molecule has 2 aromatic rings. The topological polar surface area (TPSA) is 72.2 Å². The summed E-state index contributed by atoms with van der Waals surface area (Å²) in [5.41, 5.74) is 5.95. The van der Waals surface area contributed by atoms with E-state index in [4.69, 9.17) is 5.73 Å². The summed E-state index contributed by atoms with van der Waals surface area (Å²) in [6.45, 7) is 1.63. The Bertz CT molecular complexity index is 721. The number of rotatable bonds is 4. The van der Waals surface area contributed by atoms with Crippen LogP contribution in [-0.2, 0) is 16.6 Å². The van der Waals surface area contributed by atoms with E-state index in [0.29, 0.717) is 0 Å². The molecule has 0 unspecified atom stereocenters. The third-order valence-corrected chi connectivity index (χ3v) is 6.09. The highest BCUT2D eigenvalue weighted by Crippen LogP contribution is 2.24. The van der Waals surface area contributed by atoms with Crippen molar-refractivity contribution in [3.05, 3.63) is 44.3 Å². The summed E-state index contributed by atoms with van der Waals surface area (Å²) in [6, 6.07) is 4.06. The zero-order chi connectivity index (χ0) is 14.9. The number of nitrogens with one attached hydrogen (secondary N) is 1. The van der Waals surface area contributed by atoms with Crippen LogP contribution in [-0.4, -0.2) is 8.42 Å². The van der Waals surface area contributed by atoms with Gasteiger partial charge in [0.15, 0.2) is 0 Å².